The van der Waals surface area contributed by atoms with Crippen LogP contribution in [0.15, 0.2) is 66.7 Å². The topological polar surface area (TPSA) is 43.3 Å². The van der Waals surface area contributed by atoms with Gasteiger partial charge in [0.15, 0.2) is 0 Å². The van der Waals surface area contributed by atoms with Crippen LogP contribution in [-0.2, 0) is 13.1 Å². The van der Waals surface area contributed by atoms with Crippen LogP contribution in [0.25, 0.3) is 10.9 Å². The third-order valence-electron chi connectivity index (χ3n) is 6.08. The first-order chi connectivity index (χ1) is 15.0. The molecule has 0 aliphatic carbocycles. The summed E-state index contributed by atoms with van der Waals surface area (Å²) in [5, 5.41) is 4.14. The molecule has 0 fully saturated rings. The molecule has 0 radical (unpaired) electrons. The number of hydrogen-bond donors (Lipinski definition) is 1. The number of carbonyl (C=O) groups excluding carboxylic acids is 1. The number of amides is 1. The Morgan fingerprint density at radius 2 is 1.77 bits per heavy atom. The molecule has 3 aromatic carbocycles. The van der Waals surface area contributed by atoms with Crippen LogP contribution in [0.5, 0.6) is 5.75 Å². The third kappa shape index (κ3) is 4.19. The number of rotatable bonds is 6. The fraction of sp³-hybridized carbons (Fsp3) is 0.222. The normalized spacial score (nSPS) is 11.0. The minimum Gasteiger partial charge on any atom is -0.497 e. The molecule has 0 aliphatic heterocycles. The Bertz CT molecular complexity index is 1250. The van der Waals surface area contributed by atoms with E-state index in [1.165, 1.54) is 22.4 Å². The lowest BCUT2D eigenvalue weighted by Crippen LogP contribution is -2.22. The summed E-state index contributed by atoms with van der Waals surface area (Å²) in [5.41, 5.74) is 7.87. The van der Waals surface area contributed by atoms with Gasteiger partial charge in [0.2, 0.25) is 0 Å². The fourth-order valence-corrected chi connectivity index (χ4v) is 4.02. The van der Waals surface area contributed by atoms with Gasteiger partial charge >= 0.3 is 0 Å². The van der Waals surface area contributed by atoms with Crippen molar-refractivity contribution in [3.05, 3.63) is 100 Å². The molecule has 4 rings (SSSR count). The zero-order chi connectivity index (χ0) is 22.0. The fourth-order valence-electron chi connectivity index (χ4n) is 4.02. The zero-order valence-corrected chi connectivity index (χ0v) is 18.5. The van der Waals surface area contributed by atoms with E-state index in [1.807, 2.05) is 36.4 Å². The van der Waals surface area contributed by atoms with Crippen molar-refractivity contribution in [2.24, 2.45) is 0 Å². The first-order valence-electron chi connectivity index (χ1n) is 10.5. The number of carbonyl (C=O) groups is 1. The highest BCUT2D eigenvalue weighted by Gasteiger charge is 2.15. The molecule has 1 aromatic heterocycles. The number of aromatic nitrogens is 1. The minimum absolute atomic E-state index is 0.0755. The van der Waals surface area contributed by atoms with Gasteiger partial charge in [0.05, 0.1) is 7.11 Å². The molecule has 1 heterocycles. The summed E-state index contributed by atoms with van der Waals surface area (Å²) < 4.78 is 7.59. The summed E-state index contributed by atoms with van der Waals surface area (Å²) >= 11 is 0. The standard InChI is InChI=1S/C27H28N2O2/c1-18-8-5-6-10-23(18)17-29-20(3)19(2)25-15-22(12-13-26(25)29)27(30)28-16-21-9-7-11-24(14-21)31-4/h5-15H,16-17H2,1-4H3,(H,28,30). The summed E-state index contributed by atoms with van der Waals surface area (Å²) in [6.07, 6.45) is 0. The van der Waals surface area contributed by atoms with Gasteiger partial charge in [-0.15, -0.1) is 0 Å². The van der Waals surface area contributed by atoms with E-state index < -0.39 is 0 Å². The Morgan fingerprint density at radius 3 is 2.55 bits per heavy atom. The number of benzene rings is 3. The van der Waals surface area contributed by atoms with Gasteiger partial charge in [0, 0.05) is 35.2 Å². The Morgan fingerprint density at radius 1 is 0.968 bits per heavy atom. The number of fused-ring (bicyclic) bond motifs is 1. The molecular formula is C27H28N2O2. The molecule has 0 saturated carbocycles. The Balaban J connectivity index is 1.58. The molecule has 0 spiro atoms. The van der Waals surface area contributed by atoms with Crippen molar-refractivity contribution in [2.75, 3.05) is 7.11 Å². The molecule has 0 bridgehead atoms. The molecule has 0 unspecified atom stereocenters. The quantitative estimate of drug-likeness (QED) is 0.451. The highest BCUT2D eigenvalue weighted by Crippen LogP contribution is 2.28. The van der Waals surface area contributed by atoms with Crippen LogP contribution < -0.4 is 10.1 Å². The third-order valence-corrected chi connectivity index (χ3v) is 6.08. The zero-order valence-electron chi connectivity index (χ0n) is 18.5. The van der Waals surface area contributed by atoms with Crippen molar-refractivity contribution in [2.45, 2.75) is 33.9 Å². The molecule has 0 aliphatic rings. The Hall–Kier alpha value is -3.53. The van der Waals surface area contributed by atoms with Crippen LogP contribution >= 0.6 is 0 Å². The number of ether oxygens (including phenoxy) is 1. The van der Waals surface area contributed by atoms with E-state index in [2.05, 4.69) is 61.0 Å². The number of methoxy groups -OCH3 is 1. The van der Waals surface area contributed by atoms with Gasteiger partial charge in [-0.1, -0.05) is 36.4 Å². The monoisotopic (exact) mass is 412 g/mol. The first kappa shape index (κ1) is 20.7. The van der Waals surface area contributed by atoms with Crippen molar-refractivity contribution in [1.29, 1.82) is 0 Å². The highest BCUT2D eigenvalue weighted by atomic mass is 16.5. The van der Waals surface area contributed by atoms with Crippen LogP contribution in [0, 0.1) is 20.8 Å². The number of nitrogens with one attached hydrogen (secondary N) is 1. The van der Waals surface area contributed by atoms with Crippen molar-refractivity contribution in [1.82, 2.24) is 9.88 Å². The van der Waals surface area contributed by atoms with Gasteiger partial charge in [-0.3, -0.25) is 4.79 Å². The van der Waals surface area contributed by atoms with E-state index in [9.17, 15) is 4.79 Å². The Kier molecular flexibility index (Phi) is 5.81. The van der Waals surface area contributed by atoms with Crippen molar-refractivity contribution in [3.63, 3.8) is 0 Å². The molecular weight excluding hydrogens is 384 g/mol. The second kappa shape index (κ2) is 8.68. The van der Waals surface area contributed by atoms with Gasteiger partial charge in [-0.05, 0) is 73.4 Å². The van der Waals surface area contributed by atoms with E-state index in [-0.39, 0.29) is 5.91 Å². The average Bonchev–Trinajstić information content (AvgIpc) is 3.03. The van der Waals surface area contributed by atoms with Crippen LogP contribution in [0.4, 0.5) is 0 Å². The maximum absolute atomic E-state index is 12.8. The maximum atomic E-state index is 12.8. The molecule has 4 nitrogen and oxygen atoms in total. The molecule has 0 saturated heterocycles. The van der Waals surface area contributed by atoms with E-state index in [0.717, 1.165) is 28.8 Å². The first-order valence-corrected chi connectivity index (χ1v) is 10.5. The Labute approximate surface area is 183 Å². The lowest BCUT2D eigenvalue weighted by molar-refractivity contribution is 0.0951. The second-order valence-electron chi connectivity index (χ2n) is 7.99. The molecule has 4 aromatic rings. The van der Waals surface area contributed by atoms with E-state index >= 15 is 0 Å². The number of aryl methyl sites for hydroxylation is 2. The molecule has 1 N–H and O–H groups in total. The SMILES string of the molecule is COc1cccc(CNC(=O)c2ccc3c(c2)c(C)c(C)n3Cc2ccccc2C)c1. The average molecular weight is 413 g/mol. The van der Waals surface area contributed by atoms with Crippen molar-refractivity contribution >= 4 is 16.8 Å². The van der Waals surface area contributed by atoms with Gasteiger partial charge in [0.25, 0.3) is 5.91 Å². The van der Waals surface area contributed by atoms with Gasteiger partial charge < -0.3 is 14.6 Å². The summed E-state index contributed by atoms with van der Waals surface area (Å²) in [4.78, 5) is 12.8. The van der Waals surface area contributed by atoms with Crippen molar-refractivity contribution < 1.29 is 9.53 Å². The van der Waals surface area contributed by atoms with Crippen LogP contribution in [0.2, 0.25) is 0 Å². The summed E-state index contributed by atoms with van der Waals surface area (Å²) in [5.74, 6) is 0.711. The van der Waals surface area contributed by atoms with Crippen LogP contribution in [0.3, 0.4) is 0 Å². The lowest BCUT2D eigenvalue weighted by atomic mass is 10.1. The van der Waals surface area contributed by atoms with Gasteiger partial charge in [0.1, 0.15) is 5.75 Å². The number of nitrogens with zero attached hydrogens (tertiary/aromatic N) is 1. The highest BCUT2D eigenvalue weighted by molar-refractivity contribution is 5.99. The number of hydrogen-bond acceptors (Lipinski definition) is 2. The molecule has 0 atom stereocenters. The largest absolute Gasteiger partial charge is 0.497 e. The summed E-state index contributed by atoms with van der Waals surface area (Å²) in [6, 6.07) is 22.2. The molecule has 158 valence electrons. The predicted octanol–water partition coefficient (Wildman–Crippen LogP) is 5.55. The summed E-state index contributed by atoms with van der Waals surface area (Å²) in [6.45, 7) is 7.71. The predicted molar refractivity (Wildman–Crippen MR) is 126 cm³/mol. The van der Waals surface area contributed by atoms with Crippen molar-refractivity contribution in [3.8, 4) is 5.75 Å². The maximum Gasteiger partial charge on any atom is 0.251 e. The molecule has 4 heteroatoms. The second-order valence-corrected chi connectivity index (χ2v) is 7.99. The van der Waals surface area contributed by atoms with E-state index in [0.29, 0.717) is 12.1 Å². The van der Waals surface area contributed by atoms with E-state index in [4.69, 9.17) is 4.74 Å². The van der Waals surface area contributed by atoms with Crippen LogP contribution in [0.1, 0.15) is 38.3 Å². The van der Waals surface area contributed by atoms with Gasteiger partial charge in [-0.2, -0.15) is 0 Å². The minimum atomic E-state index is -0.0755. The molecule has 31 heavy (non-hydrogen) atoms. The molecule has 1 amide bonds. The van der Waals surface area contributed by atoms with E-state index in [1.54, 1.807) is 7.11 Å². The summed E-state index contributed by atoms with van der Waals surface area (Å²) in [7, 11) is 1.64. The lowest BCUT2D eigenvalue weighted by Gasteiger charge is -2.11. The van der Waals surface area contributed by atoms with Gasteiger partial charge in [-0.25, -0.2) is 0 Å². The smallest absolute Gasteiger partial charge is 0.251 e. The van der Waals surface area contributed by atoms with Crippen LogP contribution in [-0.4, -0.2) is 17.6 Å².